The summed E-state index contributed by atoms with van der Waals surface area (Å²) in [5.41, 5.74) is 2.84. The Morgan fingerprint density at radius 3 is 2.55 bits per heavy atom. The number of methoxy groups -OCH3 is 1. The molecule has 2 nitrogen and oxygen atoms in total. The van der Waals surface area contributed by atoms with Crippen molar-refractivity contribution in [3.63, 3.8) is 0 Å². The quantitative estimate of drug-likeness (QED) is 0.494. The van der Waals surface area contributed by atoms with Gasteiger partial charge in [-0.3, -0.25) is 0 Å². The SMILES string of the molecule is COc1c(C)cc(Br)c(C)c1C(Cl)CCOCC(F)F. The van der Waals surface area contributed by atoms with E-state index in [4.69, 9.17) is 21.1 Å². The van der Waals surface area contributed by atoms with Crippen LogP contribution in [-0.4, -0.2) is 26.7 Å². The Morgan fingerprint density at radius 1 is 1.35 bits per heavy atom. The highest BCUT2D eigenvalue weighted by Crippen LogP contribution is 2.40. The van der Waals surface area contributed by atoms with Crippen LogP contribution in [0.5, 0.6) is 5.75 Å². The number of rotatable bonds is 7. The van der Waals surface area contributed by atoms with Crippen LogP contribution in [0, 0.1) is 13.8 Å². The molecule has 0 aliphatic carbocycles. The first-order valence-electron chi connectivity index (χ1n) is 6.22. The highest BCUT2D eigenvalue weighted by Gasteiger charge is 2.20. The fourth-order valence-electron chi connectivity index (χ4n) is 2.03. The zero-order valence-corrected chi connectivity index (χ0v) is 14.0. The summed E-state index contributed by atoms with van der Waals surface area (Å²) in [6.07, 6.45) is -2.00. The monoisotopic (exact) mass is 370 g/mol. The fourth-order valence-corrected chi connectivity index (χ4v) is 2.94. The van der Waals surface area contributed by atoms with Crippen molar-refractivity contribution in [3.8, 4) is 5.75 Å². The van der Waals surface area contributed by atoms with Gasteiger partial charge in [-0.1, -0.05) is 15.9 Å². The Labute approximate surface area is 131 Å². The van der Waals surface area contributed by atoms with Gasteiger partial charge in [0.15, 0.2) is 0 Å². The lowest BCUT2D eigenvalue weighted by molar-refractivity contribution is 0.0165. The molecule has 6 heteroatoms. The highest BCUT2D eigenvalue weighted by atomic mass is 79.9. The maximum atomic E-state index is 12.0. The predicted octanol–water partition coefficient (Wildman–Crippen LogP) is 5.03. The van der Waals surface area contributed by atoms with Crippen molar-refractivity contribution in [1.29, 1.82) is 0 Å². The Morgan fingerprint density at radius 2 is 2.00 bits per heavy atom. The van der Waals surface area contributed by atoms with E-state index in [1.807, 2.05) is 19.9 Å². The van der Waals surface area contributed by atoms with Gasteiger partial charge < -0.3 is 9.47 Å². The van der Waals surface area contributed by atoms with Gasteiger partial charge in [-0.15, -0.1) is 11.6 Å². The number of benzene rings is 1. The van der Waals surface area contributed by atoms with Crippen molar-refractivity contribution in [2.45, 2.75) is 32.1 Å². The van der Waals surface area contributed by atoms with Crippen LogP contribution in [0.15, 0.2) is 10.5 Å². The second kappa shape index (κ2) is 8.15. The van der Waals surface area contributed by atoms with E-state index < -0.39 is 13.0 Å². The highest BCUT2D eigenvalue weighted by molar-refractivity contribution is 9.10. The van der Waals surface area contributed by atoms with Crippen molar-refractivity contribution in [2.24, 2.45) is 0 Å². The van der Waals surface area contributed by atoms with Gasteiger partial charge in [0.05, 0.1) is 12.5 Å². The topological polar surface area (TPSA) is 18.5 Å². The van der Waals surface area contributed by atoms with Crippen LogP contribution < -0.4 is 4.74 Å². The zero-order chi connectivity index (χ0) is 15.3. The van der Waals surface area contributed by atoms with Gasteiger partial charge in [0, 0.05) is 16.6 Å². The minimum Gasteiger partial charge on any atom is -0.496 e. The van der Waals surface area contributed by atoms with Crippen molar-refractivity contribution in [1.82, 2.24) is 0 Å². The Hall–Kier alpha value is -0.390. The summed E-state index contributed by atoms with van der Waals surface area (Å²) in [6, 6.07) is 1.97. The van der Waals surface area contributed by atoms with E-state index in [2.05, 4.69) is 15.9 Å². The van der Waals surface area contributed by atoms with E-state index in [1.165, 1.54) is 0 Å². The largest absolute Gasteiger partial charge is 0.496 e. The normalized spacial score (nSPS) is 12.8. The average molecular weight is 372 g/mol. The second-order valence-electron chi connectivity index (χ2n) is 4.47. The van der Waals surface area contributed by atoms with Gasteiger partial charge in [0.1, 0.15) is 12.4 Å². The standard InChI is InChI=1S/C14H18BrClF2O2/c1-8-6-10(15)9(2)13(14(8)19-3)11(16)4-5-20-7-12(17)18/h6,11-12H,4-5,7H2,1-3H3. The van der Waals surface area contributed by atoms with Gasteiger partial charge in [-0.25, -0.2) is 8.78 Å². The lowest BCUT2D eigenvalue weighted by atomic mass is 9.99. The van der Waals surface area contributed by atoms with Gasteiger partial charge >= 0.3 is 0 Å². The van der Waals surface area contributed by atoms with E-state index in [9.17, 15) is 8.78 Å². The van der Waals surface area contributed by atoms with Crippen LogP contribution in [0.2, 0.25) is 0 Å². The van der Waals surface area contributed by atoms with E-state index in [-0.39, 0.29) is 12.0 Å². The zero-order valence-electron chi connectivity index (χ0n) is 11.7. The van der Waals surface area contributed by atoms with Gasteiger partial charge in [-0.05, 0) is 37.5 Å². The summed E-state index contributed by atoms with van der Waals surface area (Å²) in [4.78, 5) is 0. The third-order valence-corrected chi connectivity index (χ3v) is 4.25. The minimum absolute atomic E-state index is 0.187. The number of aryl methyl sites for hydroxylation is 1. The molecule has 0 N–H and O–H groups in total. The summed E-state index contributed by atoms with van der Waals surface area (Å²) in [5.74, 6) is 0.736. The molecular weight excluding hydrogens is 354 g/mol. The minimum atomic E-state index is -2.45. The molecule has 0 radical (unpaired) electrons. The first-order chi connectivity index (χ1) is 9.38. The molecule has 0 aliphatic rings. The number of hydrogen-bond acceptors (Lipinski definition) is 2. The van der Waals surface area contributed by atoms with Crippen molar-refractivity contribution in [3.05, 3.63) is 27.2 Å². The van der Waals surface area contributed by atoms with Crippen LogP contribution in [0.25, 0.3) is 0 Å². The molecule has 1 rings (SSSR count). The number of alkyl halides is 3. The molecule has 1 aromatic rings. The van der Waals surface area contributed by atoms with Crippen molar-refractivity contribution < 1.29 is 18.3 Å². The summed E-state index contributed by atoms with van der Waals surface area (Å²) in [5, 5.41) is -0.348. The van der Waals surface area contributed by atoms with Crippen LogP contribution >= 0.6 is 27.5 Å². The summed E-state index contributed by atoms with van der Waals surface area (Å²) in [7, 11) is 1.59. The van der Waals surface area contributed by atoms with Gasteiger partial charge in [0.2, 0.25) is 0 Å². The fraction of sp³-hybridized carbons (Fsp3) is 0.571. The number of halogens is 4. The summed E-state index contributed by atoms with van der Waals surface area (Å²) < 4.78 is 35.2. The lowest BCUT2D eigenvalue weighted by Crippen LogP contribution is -2.08. The Bertz CT molecular complexity index is 455. The lowest BCUT2D eigenvalue weighted by Gasteiger charge is -2.20. The smallest absolute Gasteiger partial charge is 0.261 e. The summed E-state index contributed by atoms with van der Waals surface area (Å²) in [6.45, 7) is 3.50. The third-order valence-electron chi connectivity index (χ3n) is 2.99. The van der Waals surface area contributed by atoms with Crippen molar-refractivity contribution >= 4 is 27.5 Å². The molecule has 0 aromatic heterocycles. The molecule has 0 saturated heterocycles. The molecule has 0 amide bonds. The second-order valence-corrected chi connectivity index (χ2v) is 5.85. The Kier molecular flexibility index (Phi) is 7.20. The Balaban J connectivity index is 2.83. The first-order valence-corrected chi connectivity index (χ1v) is 7.45. The predicted molar refractivity (Wildman–Crippen MR) is 80.2 cm³/mol. The molecule has 0 aliphatic heterocycles. The molecule has 0 heterocycles. The molecule has 1 atom stereocenters. The van der Waals surface area contributed by atoms with Gasteiger partial charge in [0.25, 0.3) is 6.43 Å². The van der Waals surface area contributed by atoms with Crippen LogP contribution in [0.4, 0.5) is 8.78 Å². The van der Waals surface area contributed by atoms with Crippen LogP contribution in [-0.2, 0) is 4.74 Å². The molecule has 0 fully saturated rings. The molecule has 114 valence electrons. The number of hydrogen-bond donors (Lipinski definition) is 0. The molecule has 0 bridgehead atoms. The van der Waals surface area contributed by atoms with Gasteiger partial charge in [-0.2, -0.15) is 0 Å². The molecule has 20 heavy (non-hydrogen) atoms. The molecular formula is C14H18BrClF2O2. The van der Waals surface area contributed by atoms with E-state index in [1.54, 1.807) is 7.11 Å². The maximum absolute atomic E-state index is 12.0. The van der Waals surface area contributed by atoms with Crippen LogP contribution in [0.1, 0.15) is 28.5 Å². The molecule has 0 saturated carbocycles. The van der Waals surface area contributed by atoms with Crippen molar-refractivity contribution in [2.75, 3.05) is 20.3 Å². The first kappa shape index (κ1) is 17.7. The van der Waals surface area contributed by atoms with Crippen LogP contribution in [0.3, 0.4) is 0 Å². The maximum Gasteiger partial charge on any atom is 0.261 e. The summed E-state index contributed by atoms with van der Waals surface area (Å²) >= 11 is 9.87. The third kappa shape index (κ3) is 4.57. The number of ether oxygens (including phenoxy) is 2. The molecule has 1 aromatic carbocycles. The molecule has 0 spiro atoms. The average Bonchev–Trinajstić information content (AvgIpc) is 2.38. The van der Waals surface area contributed by atoms with E-state index >= 15 is 0 Å². The van der Waals surface area contributed by atoms with E-state index in [0.717, 1.165) is 26.9 Å². The molecule has 1 unspecified atom stereocenters. The van der Waals surface area contributed by atoms with E-state index in [0.29, 0.717) is 6.42 Å².